The van der Waals surface area contributed by atoms with Crippen LogP contribution in [0.5, 0.6) is 0 Å². The highest BCUT2D eigenvalue weighted by Crippen LogP contribution is 2.11. The van der Waals surface area contributed by atoms with Crippen LogP contribution in [0.25, 0.3) is 0 Å². The van der Waals surface area contributed by atoms with Gasteiger partial charge >= 0.3 is 0 Å². The van der Waals surface area contributed by atoms with Gasteiger partial charge in [0, 0.05) is 13.2 Å². The van der Waals surface area contributed by atoms with Crippen molar-refractivity contribution in [2.24, 2.45) is 11.7 Å². The third-order valence-electron chi connectivity index (χ3n) is 2.26. The maximum Gasteiger partial charge on any atom is 0.0719 e. The Bertz CT molecular complexity index is 100. The van der Waals surface area contributed by atoms with Crippen LogP contribution in [0.4, 0.5) is 0 Å². The lowest BCUT2D eigenvalue weighted by molar-refractivity contribution is 0.0732. The van der Waals surface area contributed by atoms with E-state index >= 15 is 0 Å². The Morgan fingerprint density at radius 2 is 1.83 bits per heavy atom. The molecule has 0 aromatic carbocycles. The van der Waals surface area contributed by atoms with E-state index in [0.717, 1.165) is 18.8 Å². The first-order valence-corrected chi connectivity index (χ1v) is 4.90. The highest BCUT2D eigenvalue weighted by atomic mass is 16.5. The van der Waals surface area contributed by atoms with Crippen molar-refractivity contribution in [2.75, 3.05) is 7.11 Å². The van der Waals surface area contributed by atoms with E-state index in [2.05, 4.69) is 20.8 Å². The number of rotatable bonds is 6. The van der Waals surface area contributed by atoms with Crippen LogP contribution in [0.3, 0.4) is 0 Å². The van der Waals surface area contributed by atoms with Crippen molar-refractivity contribution in [3.63, 3.8) is 0 Å². The lowest BCUT2D eigenvalue weighted by Crippen LogP contribution is -2.35. The van der Waals surface area contributed by atoms with E-state index in [1.807, 2.05) is 0 Å². The molecule has 0 rings (SSSR count). The average Bonchev–Trinajstić information content (AvgIpc) is 2.03. The lowest BCUT2D eigenvalue weighted by Gasteiger charge is -2.21. The molecule has 2 heteroatoms. The summed E-state index contributed by atoms with van der Waals surface area (Å²) in [5, 5.41) is 0. The summed E-state index contributed by atoms with van der Waals surface area (Å²) in [6, 6.07) is 0.211. The minimum Gasteiger partial charge on any atom is -0.380 e. The monoisotopic (exact) mass is 173 g/mol. The fraction of sp³-hybridized carbons (Fsp3) is 1.00. The molecule has 0 aromatic rings. The van der Waals surface area contributed by atoms with Gasteiger partial charge in [-0.15, -0.1) is 0 Å². The first-order chi connectivity index (χ1) is 5.61. The molecule has 0 aliphatic rings. The molecule has 2 nitrogen and oxygen atoms in total. The second-order valence-corrected chi connectivity index (χ2v) is 3.82. The van der Waals surface area contributed by atoms with E-state index < -0.39 is 0 Å². The van der Waals surface area contributed by atoms with Crippen LogP contribution in [0.15, 0.2) is 0 Å². The topological polar surface area (TPSA) is 35.2 Å². The molecule has 74 valence electrons. The van der Waals surface area contributed by atoms with Crippen LogP contribution in [0.2, 0.25) is 0 Å². The Hall–Kier alpha value is -0.0800. The Balaban J connectivity index is 3.61. The van der Waals surface area contributed by atoms with E-state index in [0.29, 0.717) is 0 Å². The zero-order valence-corrected chi connectivity index (χ0v) is 8.84. The highest BCUT2D eigenvalue weighted by Gasteiger charge is 2.14. The Kier molecular flexibility index (Phi) is 6.39. The quantitative estimate of drug-likeness (QED) is 0.668. The van der Waals surface area contributed by atoms with Gasteiger partial charge in [0.05, 0.1) is 6.10 Å². The van der Waals surface area contributed by atoms with Gasteiger partial charge in [-0.05, 0) is 25.2 Å². The van der Waals surface area contributed by atoms with Crippen LogP contribution >= 0.6 is 0 Å². The number of hydrogen-bond donors (Lipinski definition) is 1. The third kappa shape index (κ3) is 4.73. The zero-order chi connectivity index (χ0) is 9.56. The molecule has 2 N–H and O–H groups in total. The molecule has 0 fully saturated rings. The number of ether oxygens (including phenoxy) is 1. The average molecular weight is 173 g/mol. The molecule has 2 unspecified atom stereocenters. The predicted molar refractivity (Wildman–Crippen MR) is 53.1 cm³/mol. The van der Waals surface area contributed by atoms with Gasteiger partial charge in [0.25, 0.3) is 0 Å². The smallest absolute Gasteiger partial charge is 0.0719 e. The van der Waals surface area contributed by atoms with E-state index in [1.165, 1.54) is 6.42 Å². The molecular weight excluding hydrogens is 150 g/mol. The zero-order valence-electron chi connectivity index (χ0n) is 8.84. The summed E-state index contributed by atoms with van der Waals surface area (Å²) in [5.41, 5.74) is 5.96. The van der Waals surface area contributed by atoms with Crippen LogP contribution in [-0.4, -0.2) is 19.3 Å². The molecule has 0 amide bonds. The van der Waals surface area contributed by atoms with Gasteiger partial charge in [-0.2, -0.15) is 0 Å². The molecule has 0 aliphatic heterocycles. The molecule has 12 heavy (non-hydrogen) atoms. The van der Waals surface area contributed by atoms with Gasteiger partial charge in [0.15, 0.2) is 0 Å². The molecule has 0 bridgehead atoms. The van der Waals surface area contributed by atoms with Gasteiger partial charge in [-0.3, -0.25) is 0 Å². The fourth-order valence-corrected chi connectivity index (χ4v) is 1.36. The minimum absolute atomic E-state index is 0.211. The van der Waals surface area contributed by atoms with Crippen LogP contribution < -0.4 is 5.73 Å². The number of methoxy groups -OCH3 is 1. The van der Waals surface area contributed by atoms with E-state index in [9.17, 15) is 0 Å². The van der Waals surface area contributed by atoms with Gasteiger partial charge in [-0.1, -0.05) is 20.8 Å². The minimum atomic E-state index is 0.211. The van der Waals surface area contributed by atoms with E-state index in [4.69, 9.17) is 10.5 Å². The SMILES string of the molecule is CCC(OC)C(N)CCC(C)C. The van der Waals surface area contributed by atoms with Crippen molar-refractivity contribution in [2.45, 2.75) is 52.2 Å². The molecule has 0 aromatic heterocycles. The maximum absolute atomic E-state index is 5.96. The summed E-state index contributed by atoms with van der Waals surface area (Å²) >= 11 is 0. The van der Waals surface area contributed by atoms with Crippen molar-refractivity contribution in [3.05, 3.63) is 0 Å². The molecule has 0 saturated carbocycles. The summed E-state index contributed by atoms with van der Waals surface area (Å²) in [4.78, 5) is 0. The lowest BCUT2D eigenvalue weighted by atomic mass is 9.99. The fourth-order valence-electron chi connectivity index (χ4n) is 1.36. The Labute approximate surface area is 76.5 Å². The first kappa shape index (κ1) is 11.9. The van der Waals surface area contributed by atoms with Crippen molar-refractivity contribution < 1.29 is 4.74 Å². The number of hydrogen-bond acceptors (Lipinski definition) is 2. The molecule has 0 saturated heterocycles. The molecule has 0 spiro atoms. The molecular formula is C10H23NO. The van der Waals surface area contributed by atoms with E-state index in [1.54, 1.807) is 7.11 Å². The standard InChI is InChI=1S/C10H23NO/c1-5-10(12-4)9(11)7-6-8(2)3/h8-10H,5-7,11H2,1-4H3. The van der Waals surface area contributed by atoms with Crippen LogP contribution in [-0.2, 0) is 4.74 Å². The second-order valence-electron chi connectivity index (χ2n) is 3.82. The largest absolute Gasteiger partial charge is 0.380 e. The predicted octanol–water partition coefficient (Wildman–Crippen LogP) is 2.17. The Morgan fingerprint density at radius 3 is 2.17 bits per heavy atom. The summed E-state index contributed by atoms with van der Waals surface area (Å²) in [5.74, 6) is 0.741. The first-order valence-electron chi connectivity index (χ1n) is 4.90. The Morgan fingerprint density at radius 1 is 1.25 bits per heavy atom. The molecule has 0 aliphatic carbocycles. The molecule has 0 heterocycles. The van der Waals surface area contributed by atoms with E-state index in [-0.39, 0.29) is 12.1 Å². The van der Waals surface area contributed by atoms with Gasteiger partial charge in [0.1, 0.15) is 0 Å². The third-order valence-corrected chi connectivity index (χ3v) is 2.26. The molecule has 0 radical (unpaired) electrons. The van der Waals surface area contributed by atoms with Gasteiger partial charge in [-0.25, -0.2) is 0 Å². The van der Waals surface area contributed by atoms with Crippen molar-refractivity contribution in [3.8, 4) is 0 Å². The summed E-state index contributed by atoms with van der Waals surface area (Å²) in [6.07, 6.45) is 3.52. The van der Waals surface area contributed by atoms with Crippen molar-refractivity contribution >= 4 is 0 Å². The summed E-state index contributed by atoms with van der Waals surface area (Å²) in [7, 11) is 1.74. The summed E-state index contributed by atoms with van der Waals surface area (Å²) < 4.78 is 5.27. The maximum atomic E-state index is 5.96. The van der Waals surface area contributed by atoms with Crippen molar-refractivity contribution in [1.29, 1.82) is 0 Å². The van der Waals surface area contributed by atoms with Crippen LogP contribution in [0, 0.1) is 5.92 Å². The molecule has 2 atom stereocenters. The normalized spacial score (nSPS) is 16.5. The highest BCUT2D eigenvalue weighted by molar-refractivity contribution is 4.72. The number of nitrogens with two attached hydrogens (primary N) is 1. The van der Waals surface area contributed by atoms with Crippen LogP contribution in [0.1, 0.15) is 40.0 Å². The van der Waals surface area contributed by atoms with Gasteiger partial charge < -0.3 is 10.5 Å². The second kappa shape index (κ2) is 6.44. The van der Waals surface area contributed by atoms with Gasteiger partial charge in [0.2, 0.25) is 0 Å². The van der Waals surface area contributed by atoms with Crippen molar-refractivity contribution in [1.82, 2.24) is 0 Å². The summed E-state index contributed by atoms with van der Waals surface area (Å²) in [6.45, 7) is 6.56.